The van der Waals surface area contributed by atoms with E-state index in [-0.39, 0.29) is 4.57 Å². The Hall–Kier alpha value is -4.50. The number of benzene rings is 2. The van der Waals surface area contributed by atoms with Crippen molar-refractivity contribution in [3.8, 4) is 5.69 Å². The van der Waals surface area contributed by atoms with Gasteiger partial charge in [-0.05, 0) is 24.3 Å². The maximum Gasteiger partial charge on any atom is 0.427 e. The summed E-state index contributed by atoms with van der Waals surface area (Å²) < 4.78 is 99.4. The second-order valence-electron chi connectivity index (χ2n) is 7.39. The maximum atomic E-state index is 14.3. The van der Waals surface area contributed by atoms with Gasteiger partial charge >= 0.3 is 18.0 Å². The molecule has 0 aliphatic carbocycles. The number of halogens is 7. The first-order chi connectivity index (χ1) is 16.7. The van der Waals surface area contributed by atoms with Crippen LogP contribution in [-0.2, 0) is 5.54 Å². The zero-order valence-electron chi connectivity index (χ0n) is 17.2. The Morgan fingerprint density at radius 3 is 2.14 bits per heavy atom. The van der Waals surface area contributed by atoms with Gasteiger partial charge < -0.3 is 5.32 Å². The van der Waals surface area contributed by atoms with Gasteiger partial charge in [0.2, 0.25) is 0 Å². The molecule has 36 heavy (non-hydrogen) atoms. The summed E-state index contributed by atoms with van der Waals surface area (Å²) in [7, 11) is 0. The molecule has 9 nitrogen and oxygen atoms in total. The summed E-state index contributed by atoms with van der Waals surface area (Å²) in [6.07, 6.45) is -12.5. The van der Waals surface area contributed by atoms with Gasteiger partial charge in [-0.15, -0.1) is 0 Å². The third kappa shape index (κ3) is 3.70. The second kappa shape index (κ2) is 8.03. The van der Waals surface area contributed by atoms with Gasteiger partial charge in [0.1, 0.15) is 23.0 Å². The molecule has 1 aliphatic heterocycles. The van der Waals surface area contributed by atoms with Crippen molar-refractivity contribution in [2.45, 2.75) is 17.9 Å². The van der Waals surface area contributed by atoms with Crippen molar-refractivity contribution in [1.82, 2.24) is 9.55 Å². The minimum absolute atomic E-state index is 0.272. The maximum absolute atomic E-state index is 14.3. The van der Waals surface area contributed by atoms with E-state index in [9.17, 15) is 50.4 Å². The van der Waals surface area contributed by atoms with Gasteiger partial charge in [0.15, 0.2) is 0 Å². The van der Waals surface area contributed by atoms with Crippen LogP contribution in [0.5, 0.6) is 0 Å². The molecule has 0 amide bonds. The van der Waals surface area contributed by atoms with E-state index >= 15 is 0 Å². The van der Waals surface area contributed by atoms with E-state index in [1.165, 1.54) is 4.98 Å². The number of nitro groups is 1. The number of hydrogen-bond donors (Lipinski definition) is 2. The van der Waals surface area contributed by atoms with E-state index in [1.54, 1.807) is 0 Å². The molecule has 3 aromatic rings. The molecule has 1 aromatic heterocycles. The molecule has 2 N–H and O–H groups in total. The van der Waals surface area contributed by atoms with Crippen LogP contribution in [0.4, 0.5) is 42.2 Å². The average molecular weight is 517 g/mol. The lowest BCUT2D eigenvalue weighted by Crippen LogP contribution is -2.59. The normalized spacial score (nSPS) is 15.0. The van der Waals surface area contributed by atoms with Crippen molar-refractivity contribution in [3.63, 3.8) is 0 Å². The minimum Gasteiger partial charge on any atom is -0.325 e. The summed E-state index contributed by atoms with van der Waals surface area (Å²) in [6.45, 7) is 0. The molecule has 0 spiro atoms. The number of amidine groups is 1. The van der Waals surface area contributed by atoms with Crippen LogP contribution in [-0.4, -0.2) is 32.7 Å². The first kappa shape index (κ1) is 24.6. The smallest absolute Gasteiger partial charge is 0.325 e. The number of nitrogens with one attached hydrogen (secondary N) is 2. The zero-order chi connectivity index (χ0) is 26.6. The summed E-state index contributed by atoms with van der Waals surface area (Å²) >= 11 is 0. The molecule has 16 heteroatoms. The quantitative estimate of drug-likeness (QED) is 0.311. The SMILES string of the molecule is O=c1[nH]c(=O)n(-c2ccc(F)cc2)c2c1C(C(F)(F)F)(C(F)(F)F)N=C(c1cccc([N+](=O)[O-])c1)N2. The number of hydrogen-bond acceptors (Lipinski definition) is 6. The van der Waals surface area contributed by atoms with E-state index < -0.39 is 74.0 Å². The van der Waals surface area contributed by atoms with E-state index in [2.05, 4.69) is 10.3 Å². The first-order valence-corrected chi connectivity index (χ1v) is 9.58. The molecule has 188 valence electrons. The van der Waals surface area contributed by atoms with Crippen molar-refractivity contribution < 1.29 is 35.7 Å². The number of H-pyrrole nitrogens is 1. The molecular formula is C20H10F7N5O4. The van der Waals surface area contributed by atoms with E-state index in [0.717, 1.165) is 42.5 Å². The zero-order valence-corrected chi connectivity index (χ0v) is 17.2. The number of aromatic amines is 1. The van der Waals surface area contributed by atoms with Gasteiger partial charge in [0.25, 0.3) is 16.8 Å². The van der Waals surface area contributed by atoms with Crippen LogP contribution in [0, 0.1) is 15.9 Å². The summed E-state index contributed by atoms with van der Waals surface area (Å²) in [5.74, 6) is -3.26. The number of alkyl halides is 6. The fourth-order valence-electron chi connectivity index (χ4n) is 3.67. The molecule has 0 atom stereocenters. The standard InChI is InChI=1S/C20H10F7N5O4/c21-10-4-6-11(7-5-10)31-15-13(16(33)29-17(31)34)18(19(22,23)24,20(25,26)27)30-14(28-15)9-2-1-3-12(8-9)32(35)36/h1-8H,(H,28,30)(H,29,33,34). The summed E-state index contributed by atoms with van der Waals surface area (Å²) in [6, 6.07) is 6.81. The van der Waals surface area contributed by atoms with Crippen molar-refractivity contribution in [3.05, 3.63) is 96.4 Å². The van der Waals surface area contributed by atoms with E-state index in [1.807, 2.05) is 0 Å². The van der Waals surface area contributed by atoms with Gasteiger partial charge in [-0.25, -0.2) is 18.7 Å². The number of anilines is 1. The Labute approximate surface area is 193 Å². The number of rotatable bonds is 3. The van der Waals surface area contributed by atoms with Crippen LogP contribution in [0.15, 0.2) is 63.1 Å². The predicted molar refractivity (Wildman–Crippen MR) is 110 cm³/mol. The number of nitro benzene ring substituents is 1. The number of aliphatic imine (C=N–C) groups is 1. The first-order valence-electron chi connectivity index (χ1n) is 9.58. The summed E-state index contributed by atoms with van der Waals surface area (Å²) in [5.41, 5.74) is -12.3. The van der Waals surface area contributed by atoms with Crippen LogP contribution in [0.25, 0.3) is 5.69 Å². The molecule has 1 aliphatic rings. The highest BCUT2D eigenvalue weighted by atomic mass is 19.4. The van der Waals surface area contributed by atoms with Crippen LogP contribution in [0.3, 0.4) is 0 Å². The van der Waals surface area contributed by atoms with Crippen molar-refractivity contribution in [2.24, 2.45) is 4.99 Å². The third-order valence-electron chi connectivity index (χ3n) is 5.22. The summed E-state index contributed by atoms with van der Waals surface area (Å²) in [5, 5.41) is 13.2. The molecule has 0 fully saturated rings. The van der Waals surface area contributed by atoms with Crippen molar-refractivity contribution in [1.29, 1.82) is 0 Å². The Balaban J connectivity index is 2.16. The molecule has 0 bridgehead atoms. The monoisotopic (exact) mass is 517 g/mol. The van der Waals surface area contributed by atoms with E-state index in [0.29, 0.717) is 6.07 Å². The average Bonchev–Trinajstić information content (AvgIpc) is 2.78. The van der Waals surface area contributed by atoms with Crippen molar-refractivity contribution in [2.75, 3.05) is 5.32 Å². The number of non-ortho nitro benzene ring substituents is 1. The Bertz CT molecular complexity index is 1510. The topological polar surface area (TPSA) is 122 Å². The number of fused-ring (bicyclic) bond motifs is 1. The highest BCUT2D eigenvalue weighted by molar-refractivity contribution is 6.10. The van der Waals surface area contributed by atoms with E-state index in [4.69, 9.17) is 0 Å². The highest BCUT2D eigenvalue weighted by Gasteiger charge is 2.75. The lowest BCUT2D eigenvalue weighted by atomic mass is 9.87. The van der Waals surface area contributed by atoms with Crippen LogP contribution in [0.1, 0.15) is 11.1 Å². The Morgan fingerprint density at radius 2 is 1.58 bits per heavy atom. The minimum atomic E-state index is -6.27. The third-order valence-corrected chi connectivity index (χ3v) is 5.22. The van der Waals surface area contributed by atoms with Gasteiger partial charge in [-0.2, -0.15) is 26.3 Å². The fraction of sp³-hybridized carbons (Fsp3) is 0.150. The van der Waals surface area contributed by atoms with Gasteiger partial charge in [0.05, 0.1) is 10.6 Å². The molecule has 2 aromatic carbocycles. The van der Waals surface area contributed by atoms with Crippen molar-refractivity contribution >= 4 is 17.3 Å². The van der Waals surface area contributed by atoms with Crippen LogP contribution in [0.2, 0.25) is 0 Å². The lowest BCUT2D eigenvalue weighted by Gasteiger charge is -2.38. The highest BCUT2D eigenvalue weighted by Crippen LogP contribution is 2.55. The molecule has 0 radical (unpaired) electrons. The predicted octanol–water partition coefficient (Wildman–Crippen LogP) is 3.77. The second-order valence-corrected chi connectivity index (χ2v) is 7.39. The number of nitrogens with zero attached hydrogens (tertiary/aromatic N) is 3. The summed E-state index contributed by atoms with van der Waals surface area (Å²) in [4.78, 5) is 39.5. The largest absolute Gasteiger partial charge is 0.427 e. The van der Waals surface area contributed by atoms with Gasteiger partial charge in [0, 0.05) is 17.7 Å². The van der Waals surface area contributed by atoms with Gasteiger partial charge in [-0.1, -0.05) is 12.1 Å². The molecule has 0 saturated carbocycles. The van der Waals surface area contributed by atoms with Crippen LogP contribution < -0.4 is 16.6 Å². The molecule has 4 rings (SSSR count). The Morgan fingerprint density at radius 1 is 0.972 bits per heavy atom. The lowest BCUT2D eigenvalue weighted by molar-refractivity contribution is -0.384. The molecule has 0 unspecified atom stereocenters. The molecule has 0 saturated heterocycles. The Kier molecular flexibility index (Phi) is 5.49. The fourth-order valence-corrected chi connectivity index (χ4v) is 3.67. The molecular weight excluding hydrogens is 507 g/mol. The molecule has 2 heterocycles. The van der Waals surface area contributed by atoms with Gasteiger partial charge in [-0.3, -0.25) is 19.9 Å². The number of aromatic nitrogens is 2. The van der Waals surface area contributed by atoms with Crippen LogP contribution >= 0.6 is 0 Å².